The molecule has 28 heavy (non-hydrogen) atoms. The Balaban J connectivity index is 1.39. The fourth-order valence-corrected chi connectivity index (χ4v) is 4.78. The second-order valence-electron chi connectivity index (χ2n) is 7.85. The molecule has 1 aromatic carbocycles. The third-order valence-electron chi connectivity index (χ3n) is 6.17. The van der Waals surface area contributed by atoms with Crippen LogP contribution in [0.3, 0.4) is 0 Å². The van der Waals surface area contributed by atoms with Crippen LogP contribution in [0.15, 0.2) is 51.7 Å². The lowest BCUT2D eigenvalue weighted by atomic mass is 9.77. The van der Waals surface area contributed by atoms with Gasteiger partial charge in [0.1, 0.15) is 6.26 Å². The molecule has 2 aromatic rings. The Morgan fingerprint density at radius 1 is 1.07 bits per heavy atom. The maximum Gasteiger partial charge on any atom is 0.257 e. The molecule has 0 bridgehead atoms. The van der Waals surface area contributed by atoms with Gasteiger partial charge in [0.05, 0.1) is 17.2 Å². The van der Waals surface area contributed by atoms with Crippen LogP contribution in [0.2, 0.25) is 0 Å². The van der Waals surface area contributed by atoms with Gasteiger partial charge in [-0.05, 0) is 49.4 Å². The first kappa shape index (κ1) is 19.2. The number of piperidine rings is 1. The number of halogens is 1. The van der Waals surface area contributed by atoms with Crippen LogP contribution in [0.4, 0.5) is 0 Å². The molecule has 1 aliphatic heterocycles. The molecule has 0 spiro atoms. The van der Waals surface area contributed by atoms with Crippen LogP contribution in [0.25, 0.3) is 0 Å². The van der Waals surface area contributed by atoms with Crippen LogP contribution in [0.1, 0.15) is 54.4 Å². The molecule has 1 aromatic heterocycles. The lowest BCUT2D eigenvalue weighted by Gasteiger charge is -2.35. The minimum absolute atomic E-state index is 0.000604. The number of benzene rings is 1. The summed E-state index contributed by atoms with van der Waals surface area (Å²) >= 11 is 3.48. The Bertz CT molecular complexity index is 818. The molecule has 5 nitrogen and oxygen atoms in total. The predicted molar refractivity (Wildman–Crippen MR) is 110 cm³/mol. The first-order chi connectivity index (χ1) is 13.6. The van der Waals surface area contributed by atoms with E-state index in [-0.39, 0.29) is 17.9 Å². The molecule has 2 fully saturated rings. The number of hydrogen-bond donors (Lipinski definition) is 1. The highest BCUT2D eigenvalue weighted by atomic mass is 79.9. The molecule has 4 rings (SSSR count). The minimum Gasteiger partial charge on any atom is -0.472 e. The molecule has 148 valence electrons. The van der Waals surface area contributed by atoms with Crippen molar-refractivity contribution in [3.05, 3.63) is 58.5 Å². The van der Waals surface area contributed by atoms with Gasteiger partial charge in [0.15, 0.2) is 0 Å². The molecule has 6 heteroatoms. The third-order valence-corrected chi connectivity index (χ3v) is 6.70. The molecule has 2 aliphatic rings. The average Bonchev–Trinajstić information content (AvgIpc) is 3.41. The lowest BCUT2D eigenvalue weighted by Crippen LogP contribution is -2.51. The summed E-state index contributed by atoms with van der Waals surface area (Å²) in [4.78, 5) is 27.6. The zero-order valence-corrected chi connectivity index (χ0v) is 17.4. The van der Waals surface area contributed by atoms with Crippen molar-refractivity contribution in [2.75, 3.05) is 13.1 Å². The van der Waals surface area contributed by atoms with Gasteiger partial charge in [-0.2, -0.15) is 0 Å². The van der Waals surface area contributed by atoms with Gasteiger partial charge in [0, 0.05) is 23.6 Å². The van der Waals surface area contributed by atoms with E-state index in [4.69, 9.17) is 4.42 Å². The van der Waals surface area contributed by atoms with Crippen molar-refractivity contribution in [2.45, 2.75) is 50.0 Å². The molecular formula is C22H25BrN2O3. The van der Waals surface area contributed by atoms with E-state index in [9.17, 15) is 9.59 Å². The topological polar surface area (TPSA) is 62.6 Å². The van der Waals surface area contributed by atoms with Crippen molar-refractivity contribution in [2.24, 2.45) is 0 Å². The van der Waals surface area contributed by atoms with E-state index in [2.05, 4.69) is 33.4 Å². The van der Waals surface area contributed by atoms with Crippen molar-refractivity contribution in [1.82, 2.24) is 10.2 Å². The van der Waals surface area contributed by atoms with Gasteiger partial charge in [0.25, 0.3) is 5.91 Å². The van der Waals surface area contributed by atoms with E-state index in [1.807, 2.05) is 17.0 Å². The number of carbonyl (C=O) groups excluding carboxylic acids is 2. The summed E-state index contributed by atoms with van der Waals surface area (Å²) in [5.41, 5.74) is 1.28. The largest absolute Gasteiger partial charge is 0.472 e. The van der Waals surface area contributed by atoms with E-state index < -0.39 is 5.41 Å². The van der Waals surface area contributed by atoms with Gasteiger partial charge >= 0.3 is 0 Å². The highest BCUT2D eigenvalue weighted by Gasteiger charge is 2.43. The summed E-state index contributed by atoms with van der Waals surface area (Å²) in [5, 5.41) is 3.30. The van der Waals surface area contributed by atoms with Crippen molar-refractivity contribution in [3.63, 3.8) is 0 Å². The SMILES string of the molecule is O=C(c1ccoc1)N1CCC(NC(=O)C2(c3ccc(Br)cc3)CCCC2)CC1. The second-order valence-corrected chi connectivity index (χ2v) is 8.76. The number of nitrogens with one attached hydrogen (secondary N) is 1. The van der Waals surface area contributed by atoms with Gasteiger partial charge in [-0.25, -0.2) is 0 Å². The van der Waals surface area contributed by atoms with E-state index >= 15 is 0 Å². The summed E-state index contributed by atoms with van der Waals surface area (Å²) in [6.07, 6.45) is 8.54. The van der Waals surface area contributed by atoms with Crippen molar-refractivity contribution >= 4 is 27.7 Å². The monoisotopic (exact) mass is 444 g/mol. The molecule has 0 radical (unpaired) electrons. The molecule has 1 aliphatic carbocycles. The third kappa shape index (κ3) is 3.75. The average molecular weight is 445 g/mol. The van der Waals surface area contributed by atoms with Crippen LogP contribution in [0.5, 0.6) is 0 Å². The van der Waals surface area contributed by atoms with E-state index in [0.717, 1.165) is 48.6 Å². The quantitative estimate of drug-likeness (QED) is 0.765. The van der Waals surface area contributed by atoms with Gasteiger partial charge in [-0.1, -0.05) is 40.9 Å². The zero-order chi connectivity index (χ0) is 19.6. The van der Waals surface area contributed by atoms with Crippen LogP contribution >= 0.6 is 15.9 Å². The predicted octanol–water partition coefficient (Wildman–Crippen LogP) is 4.27. The highest BCUT2D eigenvalue weighted by molar-refractivity contribution is 9.10. The second kappa shape index (κ2) is 8.11. The van der Waals surface area contributed by atoms with Gasteiger partial charge in [-0.15, -0.1) is 0 Å². The standard InChI is InChI=1S/C22H25BrN2O3/c23-18-5-3-17(4-6-18)22(10-1-2-11-22)21(27)24-19-7-12-25(13-8-19)20(26)16-9-14-28-15-16/h3-6,9,14-15,19H,1-2,7-8,10-13H2,(H,24,27). The van der Waals surface area contributed by atoms with E-state index in [1.165, 1.54) is 12.5 Å². The van der Waals surface area contributed by atoms with Crippen molar-refractivity contribution < 1.29 is 14.0 Å². The first-order valence-electron chi connectivity index (χ1n) is 9.97. The first-order valence-corrected chi connectivity index (χ1v) is 10.8. The summed E-state index contributed by atoms with van der Waals surface area (Å²) in [5.74, 6) is 0.146. The molecule has 2 heterocycles. The fraction of sp³-hybridized carbons (Fsp3) is 0.455. The molecule has 1 saturated heterocycles. The van der Waals surface area contributed by atoms with E-state index in [0.29, 0.717) is 18.7 Å². The van der Waals surface area contributed by atoms with Crippen molar-refractivity contribution in [3.8, 4) is 0 Å². The summed E-state index contributed by atoms with van der Waals surface area (Å²) in [6, 6.07) is 9.99. The lowest BCUT2D eigenvalue weighted by molar-refractivity contribution is -0.127. The number of furan rings is 1. The van der Waals surface area contributed by atoms with Gasteiger partial charge in [0.2, 0.25) is 5.91 Å². The number of carbonyl (C=O) groups is 2. The molecule has 0 unspecified atom stereocenters. The molecule has 1 saturated carbocycles. The number of rotatable bonds is 4. The van der Waals surface area contributed by atoms with Crippen LogP contribution in [-0.4, -0.2) is 35.8 Å². The molecular weight excluding hydrogens is 420 g/mol. The minimum atomic E-state index is -0.412. The van der Waals surface area contributed by atoms with Crippen LogP contribution in [-0.2, 0) is 10.2 Å². The number of amides is 2. The Hall–Kier alpha value is -2.08. The highest BCUT2D eigenvalue weighted by Crippen LogP contribution is 2.42. The maximum atomic E-state index is 13.3. The summed E-state index contributed by atoms with van der Waals surface area (Å²) < 4.78 is 6.04. The zero-order valence-electron chi connectivity index (χ0n) is 15.8. The van der Waals surface area contributed by atoms with Crippen LogP contribution in [0, 0.1) is 0 Å². The number of hydrogen-bond acceptors (Lipinski definition) is 3. The smallest absolute Gasteiger partial charge is 0.257 e. The Labute approximate surface area is 173 Å². The Morgan fingerprint density at radius 3 is 2.36 bits per heavy atom. The Kier molecular flexibility index (Phi) is 5.58. The van der Waals surface area contributed by atoms with Gasteiger partial charge < -0.3 is 14.6 Å². The normalized spacial score (nSPS) is 19.5. The number of nitrogens with zero attached hydrogens (tertiary/aromatic N) is 1. The molecule has 2 amide bonds. The fourth-order valence-electron chi connectivity index (χ4n) is 4.51. The summed E-state index contributed by atoms with van der Waals surface area (Å²) in [6.45, 7) is 1.31. The van der Waals surface area contributed by atoms with E-state index in [1.54, 1.807) is 6.07 Å². The number of likely N-dealkylation sites (tertiary alicyclic amines) is 1. The molecule has 0 atom stereocenters. The van der Waals surface area contributed by atoms with Gasteiger partial charge in [-0.3, -0.25) is 9.59 Å². The molecule has 1 N–H and O–H groups in total. The Morgan fingerprint density at radius 2 is 1.75 bits per heavy atom. The van der Waals surface area contributed by atoms with Crippen LogP contribution < -0.4 is 5.32 Å². The summed E-state index contributed by atoms with van der Waals surface area (Å²) in [7, 11) is 0. The van der Waals surface area contributed by atoms with Crippen molar-refractivity contribution in [1.29, 1.82) is 0 Å². The maximum absolute atomic E-state index is 13.3.